The summed E-state index contributed by atoms with van der Waals surface area (Å²) in [5, 5.41) is 6.94. The van der Waals surface area contributed by atoms with Crippen molar-refractivity contribution in [3.63, 3.8) is 0 Å². The van der Waals surface area contributed by atoms with Gasteiger partial charge in [-0.1, -0.05) is 19.9 Å². The molecule has 4 heteroatoms. The Hall–Kier alpha value is -1.26. The fourth-order valence-corrected chi connectivity index (χ4v) is 2.98. The van der Waals surface area contributed by atoms with Crippen LogP contribution in [-0.2, 0) is 19.3 Å². The van der Waals surface area contributed by atoms with E-state index in [0.29, 0.717) is 6.04 Å². The Labute approximate surface area is 131 Å². The second kappa shape index (κ2) is 8.25. The van der Waals surface area contributed by atoms with Gasteiger partial charge in [0.05, 0.1) is 10.7 Å². The molecule has 114 valence electrons. The van der Waals surface area contributed by atoms with Gasteiger partial charge < -0.3 is 5.32 Å². The minimum Gasteiger partial charge on any atom is -0.313 e. The summed E-state index contributed by atoms with van der Waals surface area (Å²) in [6.45, 7) is 7.46. The fraction of sp³-hybridized carbons (Fsp3) is 0.529. The summed E-state index contributed by atoms with van der Waals surface area (Å²) in [4.78, 5) is 9.17. The molecular formula is C17H25N3S. The molecule has 0 saturated heterocycles. The summed E-state index contributed by atoms with van der Waals surface area (Å²) in [5.41, 5.74) is 3.65. The summed E-state index contributed by atoms with van der Waals surface area (Å²) < 4.78 is 0. The highest BCUT2D eigenvalue weighted by atomic mass is 32.1. The predicted molar refractivity (Wildman–Crippen MR) is 90.0 cm³/mol. The summed E-state index contributed by atoms with van der Waals surface area (Å²) in [7, 11) is 0. The molecule has 1 unspecified atom stereocenters. The van der Waals surface area contributed by atoms with Crippen molar-refractivity contribution in [1.29, 1.82) is 0 Å². The van der Waals surface area contributed by atoms with Gasteiger partial charge >= 0.3 is 0 Å². The number of hydrogen-bond acceptors (Lipinski definition) is 4. The molecule has 2 aromatic rings. The smallest absolute Gasteiger partial charge is 0.0897 e. The van der Waals surface area contributed by atoms with Crippen LogP contribution in [0.4, 0.5) is 0 Å². The van der Waals surface area contributed by atoms with E-state index in [1.54, 1.807) is 11.3 Å². The van der Waals surface area contributed by atoms with Crippen LogP contribution in [0, 0.1) is 6.92 Å². The average molecular weight is 303 g/mol. The van der Waals surface area contributed by atoms with Gasteiger partial charge in [0.15, 0.2) is 0 Å². The van der Waals surface area contributed by atoms with Crippen molar-refractivity contribution in [1.82, 2.24) is 15.3 Å². The maximum Gasteiger partial charge on any atom is 0.0897 e. The first-order valence-corrected chi connectivity index (χ1v) is 8.67. The second-order valence-electron chi connectivity index (χ2n) is 5.43. The number of aromatic nitrogens is 2. The zero-order valence-electron chi connectivity index (χ0n) is 13.2. The zero-order valence-corrected chi connectivity index (χ0v) is 14.0. The molecule has 0 aliphatic carbocycles. The fourth-order valence-electron chi connectivity index (χ4n) is 2.36. The normalized spacial score (nSPS) is 12.5. The largest absolute Gasteiger partial charge is 0.313 e. The SMILES string of the molecule is CCCNC(Cc1ccc(CC)cn1)Cc1csc(C)n1. The molecule has 0 amide bonds. The van der Waals surface area contributed by atoms with Crippen molar-refractivity contribution in [2.24, 2.45) is 0 Å². The highest BCUT2D eigenvalue weighted by Gasteiger charge is 2.12. The highest BCUT2D eigenvalue weighted by Crippen LogP contribution is 2.12. The molecule has 1 atom stereocenters. The van der Waals surface area contributed by atoms with E-state index in [4.69, 9.17) is 0 Å². The third-order valence-electron chi connectivity index (χ3n) is 3.55. The third kappa shape index (κ3) is 5.21. The van der Waals surface area contributed by atoms with Crippen LogP contribution in [0.15, 0.2) is 23.7 Å². The molecule has 3 nitrogen and oxygen atoms in total. The van der Waals surface area contributed by atoms with Gasteiger partial charge in [-0.25, -0.2) is 4.98 Å². The van der Waals surface area contributed by atoms with E-state index in [1.807, 2.05) is 6.20 Å². The van der Waals surface area contributed by atoms with Crippen LogP contribution in [-0.4, -0.2) is 22.6 Å². The van der Waals surface area contributed by atoms with E-state index in [1.165, 1.54) is 11.3 Å². The Bertz CT molecular complexity index is 533. The molecule has 0 spiro atoms. The molecule has 0 aromatic carbocycles. The maximum atomic E-state index is 4.59. The first-order chi connectivity index (χ1) is 10.2. The van der Waals surface area contributed by atoms with Crippen LogP contribution in [0.25, 0.3) is 0 Å². The molecule has 0 bridgehead atoms. The van der Waals surface area contributed by atoms with Crippen LogP contribution >= 0.6 is 11.3 Å². The molecule has 0 radical (unpaired) electrons. The van der Waals surface area contributed by atoms with Crippen molar-refractivity contribution in [3.05, 3.63) is 45.7 Å². The zero-order chi connectivity index (χ0) is 15.1. The van der Waals surface area contributed by atoms with Gasteiger partial charge in [-0.15, -0.1) is 11.3 Å². The van der Waals surface area contributed by atoms with Crippen LogP contribution in [0.1, 0.15) is 42.2 Å². The summed E-state index contributed by atoms with van der Waals surface area (Å²) in [5.74, 6) is 0. The molecule has 21 heavy (non-hydrogen) atoms. The third-order valence-corrected chi connectivity index (χ3v) is 4.38. The van der Waals surface area contributed by atoms with E-state index < -0.39 is 0 Å². The Morgan fingerprint density at radius 3 is 2.57 bits per heavy atom. The molecule has 0 fully saturated rings. The Kier molecular flexibility index (Phi) is 6.33. The quantitative estimate of drug-likeness (QED) is 0.810. The Morgan fingerprint density at radius 2 is 2.00 bits per heavy atom. The molecule has 0 aliphatic heterocycles. The van der Waals surface area contributed by atoms with E-state index in [-0.39, 0.29) is 0 Å². The van der Waals surface area contributed by atoms with Crippen LogP contribution in [0.5, 0.6) is 0 Å². The van der Waals surface area contributed by atoms with Gasteiger partial charge in [-0.2, -0.15) is 0 Å². The van der Waals surface area contributed by atoms with Gasteiger partial charge in [0.25, 0.3) is 0 Å². The van der Waals surface area contributed by atoms with E-state index >= 15 is 0 Å². The summed E-state index contributed by atoms with van der Waals surface area (Å²) in [6, 6.07) is 4.75. The standard InChI is InChI=1S/C17H25N3S/c1-4-8-18-16(10-17-12-21-13(3)20-17)9-15-7-6-14(5-2)11-19-15/h6-7,11-12,16,18H,4-5,8-10H2,1-3H3. The number of nitrogens with zero attached hydrogens (tertiary/aromatic N) is 2. The van der Waals surface area contributed by atoms with E-state index in [2.05, 4.69) is 53.6 Å². The van der Waals surface area contributed by atoms with Crippen LogP contribution in [0.2, 0.25) is 0 Å². The Morgan fingerprint density at radius 1 is 1.19 bits per heavy atom. The van der Waals surface area contributed by atoms with Crippen LogP contribution < -0.4 is 5.32 Å². The minimum absolute atomic E-state index is 0.409. The van der Waals surface area contributed by atoms with Crippen molar-refractivity contribution >= 4 is 11.3 Å². The monoisotopic (exact) mass is 303 g/mol. The Balaban J connectivity index is 2.00. The first-order valence-electron chi connectivity index (χ1n) is 7.79. The van der Waals surface area contributed by atoms with Crippen molar-refractivity contribution < 1.29 is 0 Å². The number of pyridine rings is 1. The molecule has 0 aliphatic rings. The molecule has 1 N–H and O–H groups in total. The number of rotatable bonds is 8. The van der Waals surface area contributed by atoms with Gasteiger partial charge in [-0.05, 0) is 37.9 Å². The number of nitrogens with one attached hydrogen (secondary N) is 1. The lowest BCUT2D eigenvalue weighted by Gasteiger charge is -2.17. The minimum atomic E-state index is 0.409. The summed E-state index contributed by atoms with van der Waals surface area (Å²) in [6.07, 6.45) is 6.12. The lowest BCUT2D eigenvalue weighted by Crippen LogP contribution is -2.34. The predicted octanol–water partition coefficient (Wildman–Crippen LogP) is 3.56. The van der Waals surface area contributed by atoms with Crippen LogP contribution in [0.3, 0.4) is 0 Å². The van der Waals surface area contributed by atoms with Gasteiger partial charge in [0.1, 0.15) is 0 Å². The molecule has 2 heterocycles. The van der Waals surface area contributed by atoms with Gasteiger partial charge in [-0.3, -0.25) is 4.98 Å². The van der Waals surface area contributed by atoms with Crippen molar-refractivity contribution in [2.45, 2.75) is 52.5 Å². The molecule has 0 saturated carbocycles. The molecule has 2 aromatic heterocycles. The van der Waals surface area contributed by atoms with Crippen molar-refractivity contribution in [3.8, 4) is 0 Å². The first kappa shape index (κ1) is 16.1. The molecule has 2 rings (SSSR count). The maximum absolute atomic E-state index is 4.59. The molecular weight excluding hydrogens is 278 g/mol. The lowest BCUT2D eigenvalue weighted by molar-refractivity contribution is 0.497. The lowest BCUT2D eigenvalue weighted by atomic mass is 10.0. The highest BCUT2D eigenvalue weighted by molar-refractivity contribution is 7.09. The second-order valence-corrected chi connectivity index (χ2v) is 6.49. The van der Waals surface area contributed by atoms with Gasteiger partial charge in [0.2, 0.25) is 0 Å². The van der Waals surface area contributed by atoms with E-state index in [9.17, 15) is 0 Å². The number of hydrogen-bond donors (Lipinski definition) is 1. The van der Waals surface area contributed by atoms with Crippen molar-refractivity contribution in [2.75, 3.05) is 6.54 Å². The summed E-state index contributed by atoms with van der Waals surface area (Å²) >= 11 is 1.73. The number of aryl methyl sites for hydroxylation is 2. The topological polar surface area (TPSA) is 37.8 Å². The number of thiazole rings is 1. The average Bonchev–Trinajstić information content (AvgIpc) is 2.90. The van der Waals surface area contributed by atoms with Gasteiger partial charge in [0, 0.05) is 36.2 Å². The van der Waals surface area contributed by atoms with E-state index in [0.717, 1.165) is 42.9 Å².